The van der Waals surface area contributed by atoms with Crippen LogP contribution < -0.4 is 10.6 Å². The smallest absolute Gasteiger partial charge is 0.317 e. The number of hydrogen-bond donors (Lipinski definition) is 2. The van der Waals surface area contributed by atoms with Crippen LogP contribution in [0.4, 0.5) is 4.79 Å². The van der Waals surface area contributed by atoms with Gasteiger partial charge in [0.1, 0.15) is 0 Å². The number of piperidine rings is 1. The molecule has 0 aromatic carbocycles. The van der Waals surface area contributed by atoms with E-state index in [0.29, 0.717) is 12.5 Å². The summed E-state index contributed by atoms with van der Waals surface area (Å²) in [5.74, 6) is 0.547. The summed E-state index contributed by atoms with van der Waals surface area (Å²) < 4.78 is 0. The standard InChI is InChI=1S/C15H25N3O2/c1-12(19)17-14-8-5-9-18(11-14)15(20)16-10-13-6-3-2-4-7-13/h2-3,13-14H,4-11H2,1H3,(H,16,20)(H,17,19). The van der Waals surface area contributed by atoms with Crippen LogP contribution in [0, 0.1) is 5.92 Å². The lowest BCUT2D eigenvalue weighted by atomic mass is 9.94. The van der Waals surface area contributed by atoms with Gasteiger partial charge in [-0.1, -0.05) is 12.2 Å². The topological polar surface area (TPSA) is 61.4 Å². The molecule has 0 spiro atoms. The lowest BCUT2D eigenvalue weighted by Crippen LogP contribution is -2.52. The molecule has 112 valence electrons. The lowest BCUT2D eigenvalue weighted by molar-refractivity contribution is -0.119. The second-order valence-electron chi connectivity index (χ2n) is 5.82. The minimum Gasteiger partial charge on any atom is -0.352 e. The second-order valence-corrected chi connectivity index (χ2v) is 5.82. The molecule has 2 atom stereocenters. The van der Waals surface area contributed by atoms with Crippen molar-refractivity contribution >= 4 is 11.9 Å². The number of likely N-dealkylation sites (tertiary alicyclic amines) is 1. The Hall–Kier alpha value is -1.52. The molecule has 0 aromatic rings. The first kappa shape index (κ1) is 14.9. The maximum Gasteiger partial charge on any atom is 0.317 e. The van der Waals surface area contributed by atoms with Crippen LogP contribution in [0.3, 0.4) is 0 Å². The van der Waals surface area contributed by atoms with Gasteiger partial charge < -0.3 is 15.5 Å². The summed E-state index contributed by atoms with van der Waals surface area (Å²) >= 11 is 0. The lowest BCUT2D eigenvalue weighted by Gasteiger charge is -2.33. The Bertz CT molecular complexity index is 381. The molecule has 3 amide bonds. The molecular weight excluding hydrogens is 254 g/mol. The Morgan fingerprint density at radius 3 is 2.85 bits per heavy atom. The molecule has 0 saturated carbocycles. The van der Waals surface area contributed by atoms with Crippen LogP contribution in [0.15, 0.2) is 12.2 Å². The molecule has 2 unspecified atom stereocenters. The molecule has 2 N–H and O–H groups in total. The number of urea groups is 1. The van der Waals surface area contributed by atoms with Gasteiger partial charge in [0.05, 0.1) is 0 Å². The molecule has 2 rings (SSSR count). The van der Waals surface area contributed by atoms with E-state index in [1.54, 1.807) is 0 Å². The van der Waals surface area contributed by atoms with E-state index in [1.807, 2.05) is 4.90 Å². The van der Waals surface area contributed by atoms with Crippen molar-refractivity contribution in [1.82, 2.24) is 15.5 Å². The molecule has 0 aromatic heterocycles. The van der Waals surface area contributed by atoms with E-state index in [9.17, 15) is 9.59 Å². The largest absolute Gasteiger partial charge is 0.352 e. The van der Waals surface area contributed by atoms with Crippen molar-refractivity contribution in [2.75, 3.05) is 19.6 Å². The summed E-state index contributed by atoms with van der Waals surface area (Å²) in [7, 11) is 0. The van der Waals surface area contributed by atoms with Crippen LogP contribution in [0.5, 0.6) is 0 Å². The fourth-order valence-corrected chi connectivity index (χ4v) is 2.95. The van der Waals surface area contributed by atoms with Crippen LogP contribution in [0.1, 0.15) is 39.0 Å². The average molecular weight is 279 g/mol. The number of hydrogen-bond acceptors (Lipinski definition) is 2. The maximum absolute atomic E-state index is 12.2. The summed E-state index contributed by atoms with van der Waals surface area (Å²) in [6.45, 7) is 3.68. The third-order valence-electron chi connectivity index (χ3n) is 4.04. The zero-order valence-corrected chi connectivity index (χ0v) is 12.2. The Balaban J connectivity index is 1.73. The van der Waals surface area contributed by atoms with Gasteiger partial charge in [-0.2, -0.15) is 0 Å². The number of nitrogens with zero attached hydrogens (tertiary/aromatic N) is 1. The first-order valence-electron chi connectivity index (χ1n) is 7.60. The average Bonchev–Trinajstić information content (AvgIpc) is 2.45. The van der Waals surface area contributed by atoms with Gasteiger partial charge in [-0.05, 0) is 38.0 Å². The van der Waals surface area contributed by atoms with E-state index in [4.69, 9.17) is 0 Å². The third-order valence-corrected chi connectivity index (χ3v) is 4.04. The number of carbonyl (C=O) groups is 2. The Kier molecular flexibility index (Phi) is 5.44. The van der Waals surface area contributed by atoms with Crippen LogP contribution in [-0.2, 0) is 4.79 Å². The van der Waals surface area contributed by atoms with Crippen molar-refractivity contribution in [3.8, 4) is 0 Å². The van der Waals surface area contributed by atoms with Gasteiger partial charge in [0.15, 0.2) is 0 Å². The molecule has 2 aliphatic rings. The second kappa shape index (κ2) is 7.31. The van der Waals surface area contributed by atoms with Crippen LogP contribution >= 0.6 is 0 Å². The molecule has 20 heavy (non-hydrogen) atoms. The summed E-state index contributed by atoms with van der Waals surface area (Å²) in [6.07, 6.45) is 9.66. The minimum absolute atomic E-state index is 0.00889. The van der Waals surface area contributed by atoms with Crippen molar-refractivity contribution in [2.45, 2.75) is 45.1 Å². The van der Waals surface area contributed by atoms with Gasteiger partial charge in [-0.15, -0.1) is 0 Å². The van der Waals surface area contributed by atoms with Crippen molar-refractivity contribution in [3.63, 3.8) is 0 Å². The Morgan fingerprint density at radius 2 is 2.15 bits per heavy atom. The van der Waals surface area contributed by atoms with E-state index in [0.717, 1.165) is 45.2 Å². The molecule has 0 bridgehead atoms. The highest BCUT2D eigenvalue weighted by Gasteiger charge is 2.24. The Labute approximate surface area is 120 Å². The van der Waals surface area contributed by atoms with E-state index >= 15 is 0 Å². The van der Waals surface area contributed by atoms with E-state index < -0.39 is 0 Å². The van der Waals surface area contributed by atoms with Gasteiger partial charge in [0.2, 0.25) is 5.91 Å². The summed E-state index contributed by atoms with van der Waals surface area (Å²) in [4.78, 5) is 25.1. The number of nitrogens with one attached hydrogen (secondary N) is 2. The van der Waals surface area contributed by atoms with Crippen molar-refractivity contribution in [2.24, 2.45) is 5.92 Å². The van der Waals surface area contributed by atoms with Crippen molar-refractivity contribution < 1.29 is 9.59 Å². The molecule has 1 saturated heterocycles. The number of carbonyl (C=O) groups excluding carboxylic acids is 2. The normalized spacial score (nSPS) is 26.1. The number of rotatable bonds is 3. The van der Waals surface area contributed by atoms with Crippen LogP contribution in [0.25, 0.3) is 0 Å². The van der Waals surface area contributed by atoms with Gasteiger partial charge in [-0.3, -0.25) is 4.79 Å². The summed E-state index contributed by atoms with van der Waals surface area (Å²) in [5.41, 5.74) is 0. The predicted molar refractivity (Wildman–Crippen MR) is 78.3 cm³/mol. The number of amides is 3. The first-order chi connectivity index (χ1) is 9.65. The molecule has 1 fully saturated rings. The van der Waals surface area contributed by atoms with E-state index in [2.05, 4.69) is 22.8 Å². The minimum atomic E-state index is -0.0220. The monoisotopic (exact) mass is 279 g/mol. The zero-order valence-electron chi connectivity index (χ0n) is 12.2. The van der Waals surface area contributed by atoms with Gasteiger partial charge in [0.25, 0.3) is 0 Å². The fourth-order valence-electron chi connectivity index (χ4n) is 2.95. The highest BCUT2D eigenvalue weighted by Crippen LogP contribution is 2.17. The summed E-state index contributed by atoms with van der Waals surface area (Å²) in [6, 6.07) is 0.110. The third kappa shape index (κ3) is 4.54. The highest BCUT2D eigenvalue weighted by atomic mass is 16.2. The molecule has 5 heteroatoms. The van der Waals surface area contributed by atoms with E-state index in [1.165, 1.54) is 6.92 Å². The van der Waals surface area contributed by atoms with Crippen molar-refractivity contribution in [1.29, 1.82) is 0 Å². The zero-order chi connectivity index (χ0) is 14.4. The Morgan fingerprint density at radius 1 is 1.30 bits per heavy atom. The fraction of sp³-hybridized carbons (Fsp3) is 0.733. The highest BCUT2D eigenvalue weighted by molar-refractivity contribution is 5.75. The van der Waals surface area contributed by atoms with Crippen LogP contribution in [-0.4, -0.2) is 42.5 Å². The molecular formula is C15H25N3O2. The van der Waals surface area contributed by atoms with Crippen LogP contribution in [0.2, 0.25) is 0 Å². The van der Waals surface area contributed by atoms with E-state index in [-0.39, 0.29) is 18.0 Å². The maximum atomic E-state index is 12.2. The van der Waals surface area contributed by atoms with Gasteiger partial charge >= 0.3 is 6.03 Å². The number of allylic oxidation sites excluding steroid dienone is 2. The molecule has 5 nitrogen and oxygen atoms in total. The first-order valence-corrected chi connectivity index (χ1v) is 7.60. The van der Waals surface area contributed by atoms with Crippen molar-refractivity contribution in [3.05, 3.63) is 12.2 Å². The van der Waals surface area contributed by atoms with Gasteiger partial charge in [0, 0.05) is 32.6 Å². The predicted octanol–water partition coefficient (Wildman–Crippen LogP) is 1.65. The molecule has 1 aliphatic heterocycles. The molecule has 1 aliphatic carbocycles. The quantitative estimate of drug-likeness (QED) is 0.772. The summed E-state index contributed by atoms with van der Waals surface area (Å²) in [5, 5.41) is 5.94. The van der Waals surface area contributed by atoms with Gasteiger partial charge in [-0.25, -0.2) is 4.79 Å². The molecule has 0 radical (unpaired) electrons. The SMILES string of the molecule is CC(=O)NC1CCCN(C(=O)NCC2CC=CCC2)C1. The molecule has 1 heterocycles.